The van der Waals surface area contributed by atoms with Crippen LogP contribution in [0.15, 0.2) is 6.07 Å². The van der Waals surface area contributed by atoms with Crippen LogP contribution in [0.25, 0.3) is 0 Å². The maximum Gasteiger partial charge on any atom is 0.158 e. The standard InChI is InChI=1S/C12H21N5O2/c1-19-8-11-14-10(16-13)6-12(15-11)17-4-2-9(7-18)3-5-17/h6,9,18H,2-5,7-8,13H2,1H3,(H,14,15,16). The van der Waals surface area contributed by atoms with Gasteiger partial charge in [0.25, 0.3) is 0 Å². The van der Waals surface area contributed by atoms with Crippen molar-refractivity contribution in [3.8, 4) is 0 Å². The molecule has 1 saturated heterocycles. The molecule has 4 N–H and O–H groups in total. The summed E-state index contributed by atoms with van der Waals surface area (Å²) in [6, 6.07) is 1.83. The first kappa shape index (κ1) is 14.0. The normalized spacial score (nSPS) is 16.7. The summed E-state index contributed by atoms with van der Waals surface area (Å²) in [5, 5.41) is 9.16. The second kappa shape index (κ2) is 6.65. The van der Waals surface area contributed by atoms with E-state index in [0.717, 1.165) is 31.7 Å². The fraction of sp³-hybridized carbons (Fsp3) is 0.667. The highest BCUT2D eigenvalue weighted by Crippen LogP contribution is 2.23. The highest BCUT2D eigenvalue weighted by molar-refractivity contribution is 5.49. The molecular weight excluding hydrogens is 246 g/mol. The van der Waals surface area contributed by atoms with E-state index in [1.807, 2.05) is 6.07 Å². The van der Waals surface area contributed by atoms with Gasteiger partial charge in [-0.2, -0.15) is 0 Å². The molecule has 0 saturated carbocycles. The Balaban J connectivity index is 2.12. The van der Waals surface area contributed by atoms with E-state index in [1.54, 1.807) is 7.11 Å². The molecule has 0 atom stereocenters. The molecule has 19 heavy (non-hydrogen) atoms. The van der Waals surface area contributed by atoms with Crippen molar-refractivity contribution in [1.29, 1.82) is 0 Å². The number of nitrogens with two attached hydrogens (primary N) is 1. The molecule has 0 amide bonds. The number of nitrogens with one attached hydrogen (secondary N) is 1. The third kappa shape index (κ3) is 3.52. The highest BCUT2D eigenvalue weighted by atomic mass is 16.5. The lowest BCUT2D eigenvalue weighted by atomic mass is 9.98. The molecular formula is C12H21N5O2. The van der Waals surface area contributed by atoms with E-state index in [9.17, 15) is 0 Å². The number of rotatable bonds is 5. The van der Waals surface area contributed by atoms with Gasteiger partial charge in [-0.3, -0.25) is 0 Å². The van der Waals surface area contributed by atoms with Crippen molar-refractivity contribution in [3.05, 3.63) is 11.9 Å². The molecule has 1 fully saturated rings. The molecule has 7 nitrogen and oxygen atoms in total. The summed E-state index contributed by atoms with van der Waals surface area (Å²) in [4.78, 5) is 10.9. The van der Waals surface area contributed by atoms with Gasteiger partial charge < -0.3 is 20.2 Å². The van der Waals surface area contributed by atoms with Crippen molar-refractivity contribution in [3.63, 3.8) is 0 Å². The van der Waals surface area contributed by atoms with E-state index >= 15 is 0 Å². The van der Waals surface area contributed by atoms with Crippen LogP contribution >= 0.6 is 0 Å². The van der Waals surface area contributed by atoms with Crippen molar-refractivity contribution < 1.29 is 9.84 Å². The van der Waals surface area contributed by atoms with Crippen LogP contribution in [0.2, 0.25) is 0 Å². The van der Waals surface area contributed by atoms with Gasteiger partial charge in [0, 0.05) is 32.9 Å². The van der Waals surface area contributed by atoms with E-state index in [0.29, 0.717) is 24.2 Å². The Hall–Kier alpha value is -1.44. The van der Waals surface area contributed by atoms with Crippen molar-refractivity contribution >= 4 is 11.6 Å². The molecule has 2 heterocycles. The minimum absolute atomic E-state index is 0.266. The Bertz CT molecular complexity index is 407. The zero-order valence-corrected chi connectivity index (χ0v) is 11.2. The number of hydrazine groups is 1. The van der Waals surface area contributed by atoms with Crippen LogP contribution in [0, 0.1) is 5.92 Å². The molecule has 0 bridgehead atoms. The predicted molar refractivity (Wildman–Crippen MR) is 72.6 cm³/mol. The molecule has 1 aromatic heterocycles. The number of anilines is 2. The van der Waals surface area contributed by atoms with Crippen molar-refractivity contribution in [1.82, 2.24) is 9.97 Å². The minimum atomic E-state index is 0.266. The summed E-state index contributed by atoms with van der Waals surface area (Å²) in [7, 11) is 1.61. The van der Waals surface area contributed by atoms with Crippen LogP contribution in [-0.4, -0.2) is 41.9 Å². The summed E-state index contributed by atoms with van der Waals surface area (Å²) in [5.74, 6) is 7.88. The van der Waals surface area contributed by atoms with Gasteiger partial charge in [-0.15, -0.1) is 0 Å². The second-order valence-electron chi connectivity index (χ2n) is 4.72. The molecule has 1 aliphatic rings. The van der Waals surface area contributed by atoms with E-state index in [4.69, 9.17) is 15.7 Å². The molecule has 106 valence electrons. The molecule has 1 aliphatic heterocycles. The summed E-state index contributed by atoms with van der Waals surface area (Å²) < 4.78 is 5.06. The Morgan fingerprint density at radius 2 is 2.21 bits per heavy atom. The first-order valence-corrected chi connectivity index (χ1v) is 6.46. The van der Waals surface area contributed by atoms with Crippen molar-refractivity contribution in [2.75, 3.05) is 37.1 Å². The fourth-order valence-corrected chi connectivity index (χ4v) is 2.26. The van der Waals surface area contributed by atoms with Gasteiger partial charge in [0.05, 0.1) is 0 Å². The largest absolute Gasteiger partial charge is 0.396 e. The van der Waals surface area contributed by atoms with Gasteiger partial charge in [0.1, 0.15) is 18.2 Å². The molecule has 0 radical (unpaired) electrons. The van der Waals surface area contributed by atoms with Gasteiger partial charge >= 0.3 is 0 Å². The Morgan fingerprint density at radius 3 is 2.79 bits per heavy atom. The number of nitrogens with zero attached hydrogens (tertiary/aromatic N) is 3. The number of hydrogen-bond acceptors (Lipinski definition) is 7. The van der Waals surface area contributed by atoms with Gasteiger partial charge in [-0.05, 0) is 18.8 Å². The zero-order chi connectivity index (χ0) is 13.7. The smallest absolute Gasteiger partial charge is 0.158 e. The lowest BCUT2D eigenvalue weighted by Gasteiger charge is -2.32. The molecule has 1 aromatic rings. The van der Waals surface area contributed by atoms with Crippen LogP contribution < -0.4 is 16.2 Å². The van der Waals surface area contributed by atoms with Gasteiger partial charge in [-0.25, -0.2) is 15.8 Å². The second-order valence-corrected chi connectivity index (χ2v) is 4.72. The third-order valence-corrected chi connectivity index (χ3v) is 3.38. The number of nitrogen functional groups attached to an aromatic ring is 1. The lowest BCUT2D eigenvalue weighted by molar-refractivity contribution is 0.178. The molecule has 2 rings (SSSR count). The number of methoxy groups -OCH3 is 1. The van der Waals surface area contributed by atoms with E-state index in [1.165, 1.54) is 0 Å². The zero-order valence-electron chi connectivity index (χ0n) is 11.2. The molecule has 0 aliphatic carbocycles. The van der Waals surface area contributed by atoms with Crippen LogP contribution in [0.1, 0.15) is 18.7 Å². The van der Waals surface area contributed by atoms with Gasteiger partial charge in [-0.1, -0.05) is 0 Å². The van der Waals surface area contributed by atoms with Gasteiger partial charge in [0.15, 0.2) is 5.82 Å². The number of aliphatic hydroxyl groups excluding tert-OH is 1. The van der Waals surface area contributed by atoms with Crippen molar-refractivity contribution in [2.24, 2.45) is 11.8 Å². The average molecular weight is 267 g/mol. The Morgan fingerprint density at radius 1 is 1.47 bits per heavy atom. The number of piperidine rings is 1. The maximum atomic E-state index is 9.16. The topological polar surface area (TPSA) is 96.5 Å². The first-order chi connectivity index (χ1) is 9.26. The predicted octanol–water partition coefficient (Wildman–Crippen LogP) is 0.117. The number of aliphatic hydroxyl groups is 1. The maximum absolute atomic E-state index is 9.16. The lowest BCUT2D eigenvalue weighted by Crippen LogP contribution is -2.35. The summed E-state index contributed by atoms with van der Waals surface area (Å²) in [6.45, 7) is 2.40. The molecule has 0 aromatic carbocycles. The third-order valence-electron chi connectivity index (χ3n) is 3.38. The highest BCUT2D eigenvalue weighted by Gasteiger charge is 2.20. The van der Waals surface area contributed by atoms with E-state index < -0.39 is 0 Å². The molecule has 0 unspecified atom stereocenters. The van der Waals surface area contributed by atoms with Crippen LogP contribution in [0.5, 0.6) is 0 Å². The summed E-state index contributed by atoms with van der Waals surface area (Å²) in [5.41, 5.74) is 2.55. The Kier molecular flexibility index (Phi) is 4.89. The van der Waals surface area contributed by atoms with Crippen LogP contribution in [-0.2, 0) is 11.3 Å². The Labute approximate surface area is 112 Å². The number of aromatic nitrogens is 2. The van der Waals surface area contributed by atoms with Crippen molar-refractivity contribution in [2.45, 2.75) is 19.4 Å². The fourth-order valence-electron chi connectivity index (χ4n) is 2.26. The van der Waals surface area contributed by atoms with Crippen LogP contribution in [0.4, 0.5) is 11.6 Å². The number of ether oxygens (including phenoxy) is 1. The SMILES string of the molecule is COCc1nc(NN)cc(N2CCC(CO)CC2)n1. The van der Waals surface area contributed by atoms with E-state index in [2.05, 4.69) is 20.3 Å². The first-order valence-electron chi connectivity index (χ1n) is 6.46. The molecule has 0 spiro atoms. The molecule has 7 heteroatoms. The van der Waals surface area contributed by atoms with Crippen LogP contribution in [0.3, 0.4) is 0 Å². The quantitative estimate of drug-likeness (QED) is 0.515. The minimum Gasteiger partial charge on any atom is -0.396 e. The number of hydrogen-bond donors (Lipinski definition) is 3. The summed E-state index contributed by atoms with van der Waals surface area (Å²) >= 11 is 0. The van der Waals surface area contributed by atoms with Gasteiger partial charge in [0.2, 0.25) is 0 Å². The monoisotopic (exact) mass is 267 g/mol. The van der Waals surface area contributed by atoms with E-state index in [-0.39, 0.29) is 6.61 Å². The average Bonchev–Trinajstić information content (AvgIpc) is 2.47. The summed E-state index contributed by atoms with van der Waals surface area (Å²) in [6.07, 6.45) is 1.96.